The van der Waals surface area contributed by atoms with Crippen molar-refractivity contribution < 1.29 is 23.9 Å². The number of carbonyl (C=O) groups excluding carboxylic acids is 3. The van der Waals surface area contributed by atoms with Crippen molar-refractivity contribution in [2.75, 3.05) is 12.0 Å². The molecule has 4 rings (SSSR count). The molecule has 162 valence electrons. The number of hydrogen-bond acceptors (Lipinski definition) is 5. The molecule has 1 amide bonds. The third-order valence-corrected chi connectivity index (χ3v) is 5.40. The number of hydrogen-bond donors (Lipinski definition) is 0. The van der Waals surface area contributed by atoms with E-state index in [0.29, 0.717) is 29.0 Å². The predicted molar refractivity (Wildman–Crippen MR) is 120 cm³/mol. The Labute approximate surface area is 186 Å². The van der Waals surface area contributed by atoms with Crippen LogP contribution in [0, 0.1) is 0 Å². The number of rotatable bonds is 7. The number of esters is 1. The first-order valence-corrected chi connectivity index (χ1v) is 10.4. The Balaban J connectivity index is 1.72. The van der Waals surface area contributed by atoms with Crippen molar-refractivity contribution in [3.05, 3.63) is 95.6 Å². The highest BCUT2D eigenvalue weighted by Gasteiger charge is 2.35. The molecule has 1 aliphatic rings. The van der Waals surface area contributed by atoms with Crippen molar-refractivity contribution in [3.8, 4) is 5.75 Å². The van der Waals surface area contributed by atoms with Crippen molar-refractivity contribution in [3.63, 3.8) is 0 Å². The molecule has 0 saturated carbocycles. The van der Waals surface area contributed by atoms with Crippen LogP contribution >= 0.6 is 0 Å². The first kappa shape index (κ1) is 21.3. The maximum atomic E-state index is 13.4. The quantitative estimate of drug-likeness (QED) is 0.416. The van der Waals surface area contributed by atoms with Gasteiger partial charge in [-0.1, -0.05) is 42.5 Å². The number of ketones is 1. The number of carbonyl (C=O) groups is 3. The van der Waals surface area contributed by atoms with Gasteiger partial charge in [0.25, 0.3) is 5.91 Å². The smallest absolute Gasteiger partial charge is 0.306 e. The van der Waals surface area contributed by atoms with E-state index in [0.717, 1.165) is 5.56 Å². The zero-order chi connectivity index (χ0) is 22.5. The number of amides is 1. The van der Waals surface area contributed by atoms with Gasteiger partial charge in [-0.15, -0.1) is 0 Å². The molecule has 0 aromatic heterocycles. The van der Waals surface area contributed by atoms with Gasteiger partial charge in [0.1, 0.15) is 5.75 Å². The van der Waals surface area contributed by atoms with E-state index in [2.05, 4.69) is 0 Å². The Morgan fingerprint density at radius 2 is 1.66 bits per heavy atom. The van der Waals surface area contributed by atoms with Gasteiger partial charge in [-0.25, -0.2) is 0 Å². The predicted octanol–water partition coefficient (Wildman–Crippen LogP) is 4.17. The summed E-state index contributed by atoms with van der Waals surface area (Å²) in [6.07, 6.45) is -0.310. The van der Waals surface area contributed by atoms with Crippen LogP contribution in [0.5, 0.6) is 5.75 Å². The van der Waals surface area contributed by atoms with Crippen molar-refractivity contribution >= 4 is 23.3 Å². The number of para-hydroxylation sites is 1. The highest BCUT2D eigenvalue weighted by Crippen LogP contribution is 2.28. The van der Waals surface area contributed by atoms with Gasteiger partial charge >= 0.3 is 5.97 Å². The van der Waals surface area contributed by atoms with Gasteiger partial charge in [0, 0.05) is 24.0 Å². The normalized spacial score (nSPS) is 15.2. The SMILES string of the molecule is COc1ccc(C(=O)c2ccccc2N(Cc2ccccc2)C(=O)C2CCC(=O)O2)cc1. The van der Waals surface area contributed by atoms with Crippen molar-refractivity contribution in [2.45, 2.75) is 25.5 Å². The number of nitrogens with zero attached hydrogens (tertiary/aromatic N) is 1. The molecule has 1 unspecified atom stereocenters. The summed E-state index contributed by atoms with van der Waals surface area (Å²) in [4.78, 5) is 39.9. The summed E-state index contributed by atoms with van der Waals surface area (Å²) in [5.41, 5.74) is 2.26. The lowest BCUT2D eigenvalue weighted by molar-refractivity contribution is -0.147. The van der Waals surface area contributed by atoms with Crippen molar-refractivity contribution in [2.24, 2.45) is 0 Å². The zero-order valence-corrected chi connectivity index (χ0v) is 17.7. The Bertz CT molecular complexity index is 1120. The second-order valence-corrected chi connectivity index (χ2v) is 7.50. The van der Waals surface area contributed by atoms with Gasteiger partial charge in [0.2, 0.25) is 0 Å². The summed E-state index contributed by atoms with van der Waals surface area (Å²) in [6.45, 7) is 0.251. The zero-order valence-electron chi connectivity index (χ0n) is 17.7. The summed E-state index contributed by atoms with van der Waals surface area (Å²) in [7, 11) is 1.56. The number of cyclic esters (lactones) is 1. The molecular weight excluding hydrogens is 406 g/mol. The minimum Gasteiger partial charge on any atom is -0.497 e. The molecule has 3 aromatic carbocycles. The van der Waals surface area contributed by atoms with E-state index in [1.54, 1.807) is 55.6 Å². The highest BCUT2D eigenvalue weighted by molar-refractivity contribution is 6.14. The molecule has 6 heteroatoms. The second kappa shape index (κ2) is 9.47. The van der Waals surface area contributed by atoms with E-state index >= 15 is 0 Å². The van der Waals surface area contributed by atoms with Crippen molar-refractivity contribution in [1.29, 1.82) is 0 Å². The minimum atomic E-state index is -0.852. The Morgan fingerprint density at radius 3 is 2.31 bits per heavy atom. The third kappa shape index (κ3) is 4.54. The van der Waals surface area contributed by atoms with E-state index in [1.165, 1.54) is 4.90 Å². The largest absolute Gasteiger partial charge is 0.497 e. The summed E-state index contributed by atoms with van der Waals surface area (Å²) in [5, 5.41) is 0. The first-order chi connectivity index (χ1) is 15.6. The molecule has 1 saturated heterocycles. The number of ether oxygens (including phenoxy) is 2. The average Bonchev–Trinajstić information content (AvgIpc) is 3.28. The molecule has 0 aliphatic carbocycles. The maximum absolute atomic E-state index is 13.4. The topological polar surface area (TPSA) is 72.9 Å². The van der Waals surface area contributed by atoms with Crippen LogP contribution in [-0.4, -0.2) is 30.9 Å². The van der Waals surface area contributed by atoms with Crippen LogP contribution in [0.1, 0.15) is 34.3 Å². The number of methoxy groups -OCH3 is 1. The van der Waals surface area contributed by atoms with Crippen molar-refractivity contribution in [1.82, 2.24) is 0 Å². The minimum absolute atomic E-state index is 0.210. The molecule has 3 aromatic rings. The fourth-order valence-corrected chi connectivity index (χ4v) is 3.72. The van der Waals surface area contributed by atoms with Gasteiger partial charge < -0.3 is 14.4 Å². The van der Waals surface area contributed by atoms with Gasteiger partial charge in [-0.2, -0.15) is 0 Å². The summed E-state index contributed by atoms with van der Waals surface area (Å²) >= 11 is 0. The molecule has 0 N–H and O–H groups in total. The van der Waals surface area contributed by atoms with E-state index in [4.69, 9.17) is 9.47 Å². The van der Waals surface area contributed by atoms with Gasteiger partial charge in [0.05, 0.1) is 19.3 Å². The van der Waals surface area contributed by atoms with Crippen LogP contribution < -0.4 is 9.64 Å². The lowest BCUT2D eigenvalue weighted by Crippen LogP contribution is -2.39. The molecule has 1 atom stereocenters. The number of anilines is 1. The average molecular weight is 429 g/mol. The van der Waals surface area contributed by atoms with E-state index in [-0.39, 0.29) is 30.6 Å². The third-order valence-electron chi connectivity index (χ3n) is 5.40. The second-order valence-electron chi connectivity index (χ2n) is 7.50. The van der Waals surface area contributed by atoms with E-state index in [1.807, 2.05) is 30.3 Å². The van der Waals surface area contributed by atoms with Gasteiger partial charge in [-0.05, 0) is 42.0 Å². The highest BCUT2D eigenvalue weighted by atomic mass is 16.6. The lowest BCUT2D eigenvalue weighted by Gasteiger charge is -2.27. The first-order valence-electron chi connectivity index (χ1n) is 10.4. The van der Waals surface area contributed by atoms with Crippen LogP contribution in [0.2, 0.25) is 0 Å². The molecular formula is C26H23NO5. The fourth-order valence-electron chi connectivity index (χ4n) is 3.72. The van der Waals surface area contributed by atoms with E-state index < -0.39 is 6.10 Å². The van der Waals surface area contributed by atoms with Gasteiger partial charge in [-0.3, -0.25) is 14.4 Å². The molecule has 1 heterocycles. The summed E-state index contributed by atoms with van der Waals surface area (Å²) in [5.74, 6) is -0.281. The number of benzene rings is 3. The molecule has 32 heavy (non-hydrogen) atoms. The van der Waals surface area contributed by atoms with Crippen LogP contribution in [-0.2, 0) is 20.9 Å². The van der Waals surface area contributed by atoms with Crippen LogP contribution in [0.15, 0.2) is 78.9 Å². The lowest BCUT2D eigenvalue weighted by atomic mass is 10.00. The standard InChI is InChI=1S/C26H23NO5/c1-31-20-13-11-19(12-14-20)25(29)21-9-5-6-10-22(21)27(17-18-7-3-2-4-8-18)26(30)23-15-16-24(28)32-23/h2-14,23H,15-17H2,1H3. The molecule has 0 radical (unpaired) electrons. The molecule has 0 bridgehead atoms. The van der Waals surface area contributed by atoms with Crippen LogP contribution in [0.25, 0.3) is 0 Å². The van der Waals surface area contributed by atoms with Gasteiger partial charge in [0.15, 0.2) is 11.9 Å². The monoisotopic (exact) mass is 429 g/mol. The molecule has 6 nitrogen and oxygen atoms in total. The molecule has 1 fully saturated rings. The Kier molecular flexibility index (Phi) is 6.31. The van der Waals surface area contributed by atoms with Crippen LogP contribution in [0.4, 0.5) is 5.69 Å². The maximum Gasteiger partial charge on any atom is 0.306 e. The molecule has 0 spiro atoms. The summed E-state index contributed by atoms with van der Waals surface area (Å²) in [6, 6.07) is 23.3. The van der Waals surface area contributed by atoms with E-state index in [9.17, 15) is 14.4 Å². The molecule has 1 aliphatic heterocycles. The Hall–Kier alpha value is -3.93. The fraction of sp³-hybridized carbons (Fsp3) is 0.192. The summed E-state index contributed by atoms with van der Waals surface area (Å²) < 4.78 is 10.4. The Morgan fingerprint density at radius 1 is 0.969 bits per heavy atom. The van der Waals surface area contributed by atoms with Crippen LogP contribution in [0.3, 0.4) is 0 Å².